The monoisotopic (exact) mass is 253 g/mol. The van der Waals surface area contributed by atoms with E-state index in [-0.39, 0.29) is 0 Å². The molecule has 94 valence electrons. The molecule has 2 aromatic rings. The van der Waals surface area contributed by atoms with Crippen LogP contribution in [0.15, 0.2) is 36.7 Å². The summed E-state index contributed by atoms with van der Waals surface area (Å²) in [5.41, 5.74) is 0.478. The van der Waals surface area contributed by atoms with Gasteiger partial charge in [-0.3, -0.25) is 4.98 Å². The number of aromatic nitrogens is 2. The molecule has 2 heterocycles. The zero-order chi connectivity index (χ0) is 13.2. The molecule has 0 fully saturated rings. The molecule has 0 bridgehead atoms. The van der Waals surface area contributed by atoms with Crippen LogP contribution in [0, 0.1) is 0 Å². The van der Waals surface area contributed by atoms with Crippen molar-refractivity contribution in [1.29, 1.82) is 0 Å². The molecule has 0 aliphatic carbocycles. The molecule has 0 aliphatic rings. The van der Waals surface area contributed by atoms with E-state index in [2.05, 4.69) is 15.3 Å². The van der Waals surface area contributed by atoms with E-state index in [9.17, 15) is 13.2 Å². The molecule has 3 nitrogen and oxygen atoms in total. The van der Waals surface area contributed by atoms with Crippen molar-refractivity contribution in [2.75, 3.05) is 12.4 Å². The Bertz CT molecular complexity index is 535. The number of hydrogen-bond acceptors (Lipinski definition) is 3. The van der Waals surface area contributed by atoms with Gasteiger partial charge in [0.15, 0.2) is 0 Å². The standard InChI is InChI=1S/C12H10F3N3/c1-16-11-6-8(4-5-17-11)9-2-3-10(18-7-9)12(13,14)15/h2-7H,1H3,(H,16,17). The molecule has 18 heavy (non-hydrogen) atoms. The van der Waals surface area contributed by atoms with Gasteiger partial charge in [-0.05, 0) is 23.8 Å². The van der Waals surface area contributed by atoms with Gasteiger partial charge in [0.05, 0.1) is 0 Å². The first-order valence-electron chi connectivity index (χ1n) is 5.18. The van der Waals surface area contributed by atoms with Gasteiger partial charge < -0.3 is 5.32 Å². The van der Waals surface area contributed by atoms with E-state index in [1.54, 1.807) is 25.4 Å². The molecule has 0 saturated carbocycles. The van der Waals surface area contributed by atoms with Crippen molar-refractivity contribution in [3.8, 4) is 11.1 Å². The summed E-state index contributed by atoms with van der Waals surface area (Å²) in [4.78, 5) is 7.44. The summed E-state index contributed by atoms with van der Waals surface area (Å²) in [7, 11) is 1.72. The van der Waals surface area contributed by atoms with E-state index in [0.717, 1.165) is 11.6 Å². The number of pyridine rings is 2. The van der Waals surface area contributed by atoms with Gasteiger partial charge >= 0.3 is 6.18 Å². The second-order valence-electron chi connectivity index (χ2n) is 3.61. The smallest absolute Gasteiger partial charge is 0.373 e. The van der Waals surface area contributed by atoms with Gasteiger partial charge in [-0.1, -0.05) is 6.07 Å². The minimum atomic E-state index is -4.41. The van der Waals surface area contributed by atoms with Gasteiger partial charge in [0.2, 0.25) is 0 Å². The largest absolute Gasteiger partial charge is 0.433 e. The molecule has 0 aromatic carbocycles. The number of rotatable bonds is 2. The van der Waals surface area contributed by atoms with Crippen LogP contribution >= 0.6 is 0 Å². The zero-order valence-corrected chi connectivity index (χ0v) is 9.49. The van der Waals surface area contributed by atoms with Gasteiger partial charge in [-0.2, -0.15) is 13.2 Å². The lowest BCUT2D eigenvalue weighted by Crippen LogP contribution is -2.07. The third-order valence-corrected chi connectivity index (χ3v) is 2.40. The van der Waals surface area contributed by atoms with Crippen LogP contribution in [0.25, 0.3) is 11.1 Å². The first-order chi connectivity index (χ1) is 8.50. The molecule has 0 amide bonds. The Balaban J connectivity index is 2.34. The van der Waals surface area contributed by atoms with Crippen LogP contribution in [0.3, 0.4) is 0 Å². The maximum absolute atomic E-state index is 12.4. The van der Waals surface area contributed by atoms with Crippen molar-refractivity contribution in [2.24, 2.45) is 0 Å². The summed E-state index contributed by atoms with van der Waals surface area (Å²) in [5.74, 6) is 0.646. The van der Waals surface area contributed by atoms with Crippen molar-refractivity contribution in [3.63, 3.8) is 0 Å². The highest BCUT2D eigenvalue weighted by Gasteiger charge is 2.32. The Morgan fingerprint density at radius 1 is 1.06 bits per heavy atom. The Morgan fingerprint density at radius 3 is 2.39 bits per heavy atom. The fourth-order valence-electron chi connectivity index (χ4n) is 1.48. The lowest BCUT2D eigenvalue weighted by molar-refractivity contribution is -0.141. The van der Waals surface area contributed by atoms with E-state index < -0.39 is 11.9 Å². The molecular weight excluding hydrogens is 243 g/mol. The number of nitrogens with zero attached hydrogens (tertiary/aromatic N) is 2. The maximum Gasteiger partial charge on any atom is 0.433 e. The quantitative estimate of drug-likeness (QED) is 0.893. The van der Waals surface area contributed by atoms with Gasteiger partial charge in [-0.25, -0.2) is 4.98 Å². The van der Waals surface area contributed by atoms with Crippen molar-refractivity contribution >= 4 is 5.82 Å². The molecule has 0 aliphatic heterocycles. The van der Waals surface area contributed by atoms with Crippen LogP contribution in [-0.4, -0.2) is 17.0 Å². The fraction of sp³-hybridized carbons (Fsp3) is 0.167. The predicted molar refractivity (Wildman–Crippen MR) is 62.0 cm³/mol. The highest BCUT2D eigenvalue weighted by atomic mass is 19.4. The lowest BCUT2D eigenvalue weighted by Gasteiger charge is -2.07. The number of hydrogen-bond donors (Lipinski definition) is 1. The molecule has 6 heteroatoms. The van der Waals surface area contributed by atoms with E-state index in [1.165, 1.54) is 12.3 Å². The van der Waals surface area contributed by atoms with Crippen LogP contribution in [0.1, 0.15) is 5.69 Å². The van der Waals surface area contributed by atoms with Crippen LogP contribution < -0.4 is 5.32 Å². The van der Waals surface area contributed by atoms with Crippen molar-refractivity contribution < 1.29 is 13.2 Å². The van der Waals surface area contributed by atoms with Crippen LogP contribution in [0.2, 0.25) is 0 Å². The van der Waals surface area contributed by atoms with Gasteiger partial charge in [0.25, 0.3) is 0 Å². The number of anilines is 1. The average molecular weight is 253 g/mol. The highest BCUT2D eigenvalue weighted by molar-refractivity contribution is 5.65. The third-order valence-electron chi connectivity index (χ3n) is 2.40. The summed E-state index contributed by atoms with van der Waals surface area (Å²) in [6, 6.07) is 5.81. The third kappa shape index (κ3) is 2.58. The Morgan fingerprint density at radius 2 is 1.83 bits per heavy atom. The normalized spacial score (nSPS) is 11.3. The van der Waals surface area contributed by atoms with E-state index >= 15 is 0 Å². The summed E-state index contributed by atoms with van der Waals surface area (Å²) in [6.45, 7) is 0. The summed E-state index contributed by atoms with van der Waals surface area (Å²) in [6.07, 6.45) is -1.62. The number of halogens is 3. The molecule has 0 spiro atoms. The molecular formula is C12H10F3N3. The molecule has 0 atom stereocenters. The minimum absolute atomic E-state index is 0.613. The summed E-state index contributed by atoms with van der Waals surface area (Å²) >= 11 is 0. The minimum Gasteiger partial charge on any atom is -0.373 e. The second kappa shape index (κ2) is 4.64. The molecule has 0 unspecified atom stereocenters. The Hall–Kier alpha value is -2.11. The Kier molecular flexibility index (Phi) is 3.18. The molecule has 2 rings (SSSR count). The van der Waals surface area contributed by atoms with E-state index in [4.69, 9.17) is 0 Å². The summed E-state index contributed by atoms with van der Waals surface area (Å²) < 4.78 is 37.1. The van der Waals surface area contributed by atoms with Gasteiger partial charge in [0.1, 0.15) is 11.5 Å². The van der Waals surface area contributed by atoms with Crippen molar-refractivity contribution in [3.05, 3.63) is 42.4 Å². The fourth-order valence-corrected chi connectivity index (χ4v) is 1.48. The predicted octanol–water partition coefficient (Wildman–Crippen LogP) is 3.20. The number of nitrogens with one attached hydrogen (secondary N) is 1. The lowest BCUT2D eigenvalue weighted by atomic mass is 10.1. The highest BCUT2D eigenvalue weighted by Crippen LogP contribution is 2.29. The molecule has 0 saturated heterocycles. The van der Waals surface area contributed by atoms with Crippen LogP contribution in [-0.2, 0) is 6.18 Å². The van der Waals surface area contributed by atoms with Crippen LogP contribution in [0.4, 0.5) is 19.0 Å². The average Bonchev–Trinajstić information content (AvgIpc) is 2.38. The second-order valence-corrected chi connectivity index (χ2v) is 3.61. The van der Waals surface area contributed by atoms with Crippen molar-refractivity contribution in [2.45, 2.75) is 6.18 Å². The molecule has 0 radical (unpaired) electrons. The van der Waals surface area contributed by atoms with Gasteiger partial charge in [-0.15, -0.1) is 0 Å². The van der Waals surface area contributed by atoms with E-state index in [1.807, 2.05) is 0 Å². The SMILES string of the molecule is CNc1cc(-c2ccc(C(F)(F)F)nc2)ccn1. The summed E-state index contributed by atoms with van der Waals surface area (Å²) in [5, 5.41) is 2.86. The topological polar surface area (TPSA) is 37.8 Å². The molecule has 1 N–H and O–H groups in total. The molecule has 2 aromatic heterocycles. The first-order valence-corrected chi connectivity index (χ1v) is 5.18. The first kappa shape index (κ1) is 12.3. The van der Waals surface area contributed by atoms with E-state index in [0.29, 0.717) is 11.4 Å². The maximum atomic E-state index is 12.4. The number of alkyl halides is 3. The van der Waals surface area contributed by atoms with Gasteiger partial charge in [0, 0.05) is 25.0 Å². The van der Waals surface area contributed by atoms with Crippen LogP contribution in [0.5, 0.6) is 0 Å². The Labute approximate surface area is 102 Å². The van der Waals surface area contributed by atoms with Crippen molar-refractivity contribution in [1.82, 2.24) is 9.97 Å². The zero-order valence-electron chi connectivity index (χ0n) is 9.49.